The van der Waals surface area contributed by atoms with Gasteiger partial charge in [0, 0.05) is 11.7 Å². The lowest BCUT2D eigenvalue weighted by atomic mass is 10.2. The predicted molar refractivity (Wildman–Crippen MR) is 63.9 cm³/mol. The van der Waals surface area contributed by atoms with Crippen LogP contribution < -0.4 is 11.1 Å². The molecular weight excluding hydrogens is 196 g/mol. The minimum atomic E-state index is 0.430. The standard InChI is InChI=1S/C11H17ClN2/c1-3-4-8(2)14-11-7-9(13)5-6-10(11)12/h5-8,14H,3-4,13H2,1-2H3. The zero-order valence-electron chi connectivity index (χ0n) is 8.68. The molecule has 78 valence electrons. The molecule has 0 aliphatic rings. The number of nitrogens with one attached hydrogen (secondary N) is 1. The molecule has 2 nitrogen and oxygen atoms in total. The molecule has 1 atom stereocenters. The Labute approximate surface area is 90.4 Å². The maximum atomic E-state index is 6.02. The van der Waals surface area contributed by atoms with Crippen molar-refractivity contribution in [3.05, 3.63) is 23.2 Å². The molecule has 0 spiro atoms. The van der Waals surface area contributed by atoms with Gasteiger partial charge in [-0.25, -0.2) is 0 Å². The summed E-state index contributed by atoms with van der Waals surface area (Å²) in [7, 11) is 0. The lowest BCUT2D eigenvalue weighted by molar-refractivity contribution is 0.690. The van der Waals surface area contributed by atoms with E-state index in [0.29, 0.717) is 6.04 Å². The summed E-state index contributed by atoms with van der Waals surface area (Å²) in [4.78, 5) is 0. The number of hydrogen-bond donors (Lipinski definition) is 2. The summed E-state index contributed by atoms with van der Waals surface area (Å²) in [5.74, 6) is 0. The van der Waals surface area contributed by atoms with Crippen molar-refractivity contribution in [1.82, 2.24) is 0 Å². The molecule has 0 aromatic heterocycles. The molecule has 0 aliphatic heterocycles. The Kier molecular flexibility index (Phi) is 4.08. The summed E-state index contributed by atoms with van der Waals surface area (Å²) in [6.45, 7) is 4.31. The number of nitrogen functional groups attached to an aromatic ring is 1. The number of anilines is 2. The highest BCUT2D eigenvalue weighted by Gasteiger charge is 2.04. The molecule has 0 aliphatic carbocycles. The summed E-state index contributed by atoms with van der Waals surface area (Å²) in [5.41, 5.74) is 7.34. The van der Waals surface area contributed by atoms with Crippen molar-refractivity contribution in [1.29, 1.82) is 0 Å². The summed E-state index contributed by atoms with van der Waals surface area (Å²) >= 11 is 6.02. The molecule has 3 N–H and O–H groups in total. The van der Waals surface area contributed by atoms with Gasteiger partial charge in [-0.1, -0.05) is 24.9 Å². The first-order valence-corrected chi connectivity index (χ1v) is 5.33. The fraction of sp³-hybridized carbons (Fsp3) is 0.455. The molecule has 0 heterocycles. The Morgan fingerprint density at radius 1 is 1.50 bits per heavy atom. The fourth-order valence-corrected chi connectivity index (χ4v) is 1.60. The fourth-order valence-electron chi connectivity index (χ4n) is 1.42. The molecule has 0 saturated heterocycles. The van der Waals surface area contributed by atoms with E-state index in [4.69, 9.17) is 17.3 Å². The maximum absolute atomic E-state index is 6.02. The monoisotopic (exact) mass is 212 g/mol. The van der Waals surface area contributed by atoms with E-state index in [9.17, 15) is 0 Å². The molecule has 0 fully saturated rings. The molecule has 14 heavy (non-hydrogen) atoms. The lowest BCUT2D eigenvalue weighted by Gasteiger charge is -2.15. The smallest absolute Gasteiger partial charge is 0.0639 e. The second-order valence-electron chi connectivity index (χ2n) is 3.57. The van der Waals surface area contributed by atoms with Crippen LogP contribution in [0.25, 0.3) is 0 Å². The molecule has 0 bridgehead atoms. The van der Waals surface area contributed by atoms with Crippen LogP contribution in [0.1, 0.15) is 26.7 Å². The van der Waals surface area contributed by atoms with Crippen molar-refractivity contribution in [2.24, 2.45) is 0 Å². The minimum absolute atomic E-state index is 0.430. The van der Waals surface area contributed by atoms with Crippen LogP contribution in [0.15, 0.2) is 18.2 Å². The number of hydrogen-bond acceptors (Lipinski definition) is 2. The van der Waals surface area contributed by atoms with Crippen molar-refractivity contribution in [3.8, 4) is 0 Å². The SMILES string of the molecule is CCCC(C)Nc1cc(N)ccc1Cl. The number of nitrogens with two attached hydrogens (primary N) is 1. The van der Waals surface area contributed by atoms with Gasteiger partial charge in [0.25, 0.3) is 0 Å². The van der Waals surface area contributed by atoms with Gasteiger partial charge in [0.1, 0.15) is 0 Å². The largest absolute Gasteiger partial charge is 0.399 e. The van der Waals surface area contributed by atoms with Gasteiger partial charge >= 0.3 is 0 Å². The van der Waals surface area contributed by atoms with Gasteiger partial charge in [0.2, 0.25) is 0 Å². The molecule has 0 radical (unpaired) electrons. The predicted octanol–water partition coefficient (Wildman–Crippen LogP) is 3.52. The van der Waals surface area contributed by atoms with Crippen molar-refractivity contribution in [2.75, 3.05) is 11.1 Å². The maximum Gasteiger partial charge on any atom is 0.0639 e. The third-order valence-electron chi connectivity index (χ3n) is 2.11. The molecule has 1 rings (SSSR count). The van der Waals surface area contributed by atoms with Crippen molar-refractivity contribution in [2.45, 2.75) is 32.7 Å². The van der Waals surface area contributed by atoms with Gasteiger partial charge in [-0.3, -0.25) is 0 Å². The van der Waals surface area contributed by atoms with Crippen LogP contribution in [0.4, 0.5) is 11.4 Å². The average molecular weight is 213 g/mol. The molecule has 1 aromatic rings. The van der Waals surface area contributed by atoms with Crippen LogP contribution in [0.3, 0.4) is 0 Å². The molecular formula is C11H17ClN2. The van der Waals surface area contributed by atoms with Gasteiger partial charge < -0.3 is 11.1 Å². The van der Waals surface area contributed by atoms with Crippen LogP contribution >= 0.6 is 11.6 Å². The normalized spacial score (nSPS) is 12.5. The highest BCUT2D eigenvalue weighted by Crippen LogP contribution is 2.25. The molecule has 1 unspecified atom stereocenters. The van der Waals surface area contributed by atoms with E-state index in [1.807, 2.05) is 12.1 Å². The van der Waals surface area contributed by atoms with Crippen LogP contribution in [0.5, 0.6) is 0 Å². The molecule has 3 heteroatoms. The van der Waals surface area contributed by atoms with E-state index in [-0.39, 0.29) is 0 Å². The zero-order valence-corrected chi connectivity index (χ0v) is 9.43. The Hall–Kier alpha value is -0.890. The lowest BCUT2D eigenvalue weighted by Crippen LogP contribution is -2.14. The molecule has 1 aromatic carbocycles. The van der Waals surface area contributed by atoms with E-state index in [1.165, 1.54) is 0 Å². The van der Waals surface area contributed by atoms with E-state index < -0.39 is 0 Å². The number of benzene rings is 1. The van der Waals surface area contributed by atoms with Gasteiger partial charge in [0.15, 0.2) is 0 Å². The first kappa shape index (κ1) is 11.2. The van der Waals surface area contributed by atoms with Gasteiger partial charge in [-0.05, 0) is 31.5 Å². The Morgan fingerprint density at radius 2 is 2.21 bits per heavy atom. The van der Waals surface area contributed by atoms with Crippen molar-refractivity contribution >= 4 is 23.0 Å². The third kappa shape index (κ3) is 3.11. The quantitative estimate of drug-likeness (QED) is 0.750. The second kappa shape index (κ2) is 5.11. The summed E-state index contributed by atoms with van der Waals surface area (Å²) in [5, 5.41) is 4.06. The molecule has 0 saturated carbocycles. The zero-order chi connectivity index (χ0) is 10.6. The van der Waals surface area contributed by atoms with Crippen molar-refractivity contribution in [3.63, 3.8) is 0 Å². The highest BCUT2D eigenvalue weighted by molar-refractivity contribution is 6.33. The third-order valence-corrected chi connectivity index (χ3v) is 2.44. The van der Waals surface area contributed by atoms with Crippen LogP contribution in [0.2, 0.25) is 5.02 Å². The van der Waals surface area contributed by atoms with Crippen molar-refractivity contribution < 1.29 is 0 Å². The first-order valence-electron chi connectivity index (χ1n) is 4.95. The van der Waals surface area contributed by atoms with Gasteiger partial charge in [0.05, 0.1) is 10.7 Å². The first-order chi connectivity index (χ1) is 6.63. The van der Waals surface area contributed by atoms with E-state index in [2.05, 4.69) is 19.2 Å². The highest BCUT2D eigenvalue weighted by atomic mass is 35.5. The van der Waals surface area contributed by atoms with E-state index in [1.54, 1.807) is 6.07 Å². The number of halogens is 1. The van der Waals surface area contributed by atoms with Gasteiger partial charge in [-0.2, -0.15) is 0 Å². The molecule has 0 amide bonds. The average Bonchev–Trinajstić information content (AvgIpc) is 2.12. The Balaban J connectivity index is 2.70. The van der Waals surface area contributed by atoms with Crippen LogP contribution in [0, 0.1) is 0 Å². The summed E-state index contributed by atoms with van der Waals surface area (Å²) in [6.07, 6.45) is 2.29. The topological polar surface area (TPSA) is 38.0 Å². The van der Waals surface area contributed by atoms with Crippen LogP contribution in [-0.4, -0.2) is 6.04 Å². The van der Waals surface area contributed by atoms with Crippen LogP contribution in [-0.2, 0) is 0 Å². The van der Waals surface area contributed by atoms with E-state index >= 15 is 0 Å². The van der Waals surface area contributed by atoms with Gasteiger partial charge in [-0.15, -0.1) is 0 Å². The Morgan fingerprint density at radius 3 is 2.86 bits per heavy atom. The summed E-state index contributed by atoms with van der Waals surface area (Å²) < 4.78 is 0. The van der Waals surface area contributed by atoms with E-state index in [0.717, 1.165) is 29.2 Å². The summed E-state index contributed by atoms with van der Waals surface area (Å²) in [6, 6.07) is 5.92. The minimum Gasteiger partial charge on any atom is -0.399 e. The Bertz CT molecular complexity index is 299. The second-order valence-corrected chi connectivity index (χ2v) is 3.98. The number of rotatable bonds is 4.